The number of aromatic nitrogens is 2. The molecular formula is C22H31BrN6O11S. The van der Waals surface area contributed by atoms with E-state index in [2.05, 4.69) is 35.9 Å². The van der Waals surface area contributed by atoms with Gasteiger partial charge in [0.2, 0.25) is 9.87 Å². The highest BCUT2D eigenvalue weighted by atomic mass is 79.9. The molecule has 0 spiro atoms. The van der Waals surface area contributed by atoms with E-state index in [1.807, 2.05) is 0 Å². The third kappa shape index (κ3) is 10.9. The van der Waals surface area contributed by atoms with Crippen LogP contribution in [0.3, 0.4) is 0 Å². The van der Waals surface area contributed by atoms with Gasteiger partial charge in [-0.3, -0.25) is 20.2 Å². The Labute approximate surface area is 246 Å². The standard InChI is InChI=1S/C22H31BrN6O11S/c23-21-26-22(41-27-21)25-16-12-40-18(20(31)19(16)30)13-39-10-9-38-8-7-37-6-5-36-4-3-24-15-2-1-14(28(32)33)11-17(15)29(34)35/h1-2,11,16,18-20,24,30-31H,3-10,12-13H2,(H,25,26,27). The van der Waals surface area contributed by atoms with Gasteiger partial charge >= 0.3 is 0 Å². The number of rotatable bonds is 19. The number of anilines is 2. The number of nitrogens with one attached hydrogen (secondary N) is 2. The molecule has 2 aromatic rings. The number of halogens is 1. The van der Waals surface area contributed by atoms with E-state index in [0.717, 1.165) is 17.6 Å². The van der Waals surface area contributed by atoms with E-state index in [0.29, 0.717) is 42.9 Å². The van der Waals surface area contributed by atoms with Gasteiger partial charge in [-0.15, -0.1) is 0 Å². The molecule has 1 fully saturated rings. The molecule has 1 aromatic heterocycles. The molecule has 1 aliphatic rings. The van der Waals surface area contributed by atoms with Crippen LogP contribution in [0.1, 0.15) is 0 Å². The summed E-state index contributed by atoms with van der Waals surface area (Å²) in [6, 6.07) is 2.85. The van der Waals surface area contributed by atoms with E-state index in [4.69, 9.17) is 23.7 Å². The number of benzene rings is 1. The maximum absolute atomic E-state index is 11.1. The Morgan fingerprint density at radius 1 is 1.00 bits per heavy atom. The highest BCUT2D eigenvalue weighted by molar-refractivity contribution is 9.10. The van der Waals surface area contributed by atoms with Crippen LogP contribution >= 0.6 is 27.5 Å². The molecule has 1 aliphatic heterocycles. The number of nitro benzene ring substituents is 2. The minimum absolute atomic E-state index is 0.0961. The van der Waals surface area contributed by atoms with E-state index < -0.39 is 34.2 Å². The van der Waals surface area contributed by atoms with Crippen molar-refractivity contribution >= 4 is 49.7 Å². The predicted octanol–water partition coefficient (Wildman–Crippen LogP) is 1.20. The van der Waals surface area contributed by atoms with Crippen LogP contribution in [-0.4, -0.2) is 120 Å². The third-order valence-electron chi connectivity index (χ3n) is 5.69. The van der Waals surface area contributed by atoms with Gasteiger partial charge in [0.25, 0.3) is 11.4 Å². The zero-order valence-corrected chi connectivity index (χ0v) is 24.2. The Balaban J connectivity index is 1.14. The van der Waals surface area contributed by atoms with Crippen LogP contribution in [0.25, 0.3) is 0 Å². The fourth-order valence-corrected chi connectivity index (χ4v) is 4.68. The smallest absolute Gasteiger partial charge is 0.299 e. The SMILES string of the molecule is O=[N+]([O-])c1ccc(NCCOCCOCCOCCOCC2OCC(Nc3nc(Br)ns3)C(O)C2O)c([N+](=O)[O-])c1. The van der Waals surface area contributed by atoms with E-state index in [-0.39, 0.29) is 50.0 Å². The van der Waals surface area contributed by atoms with Crippen molar-refractivity contribution in [3.8, 4) is 0 Å². The Morgan fingerprint density at radius 3 is 2.27 bits per heavy atom. The number of aliphatic hydroxyl groups excluding tert-OH is 2. The molecular weight excluding hydrogens is 636 g/mol. The van der Waals surface area contributed by atoms with Crippen molar-refractivity contribution in [2.45, 2.75) is 24.4 Å². The Hall–Kier alpha value is -2.62. The number of non-ortho nitro benzene ring substituents is 1. The molecule has 17 nitrogen and oxygen atoms in total. The van der Waals surface area contributed by atoms with Crippen LogP contribution in [0.15, 0.2) is 22.9 Å². The molecule has 3 rings (SSSR count). The van der Waals surface area contributed by atoms with Crippen LogP contribution in [0.2, 0.25) is 0 Å². The Morgan fingerprint density at radius 2 is 1.66 bits per heavy atom. The van der Waals surface area contributed by atoms with Crippen molar-refractivity contribution < 1.29 is 43.7 Å². The minimum atomic E-state index is -1.13. The summed E-state index contributed by atoms with van der Waals surface area (Å²) in [5.41, 5.74) is -0.571. The number of hydrogen-bond acceptors (Lipinski definition) is 16. The third-order valence-corrected chi connectivity index (χ3v) is 6.93. The molecule has 0 bridgehead atoms. The van der Waals surface area contributed by atoms with Crippen LogP contribution in [0.4, 0.5) is 22.2 Å². The zero-order valence-electron chi connectivity index (χ0n) is 21.8. The molecule has 0 saturated carbocycles. The molecule has 0 radical (unpaired) electrons. The van der Waals surface area contributed by atoms with Crippen molar-refractivity contribution in [1.29, 1.82) is 0 Å². The normalized spacial score (nSPS) is 20.6. The van der Waals surface area contributed by atoms with Gasteiger partial charge in [0.1, 0.15) is 24.0 Å². The largest absolute Gasteiger partial charge is 0.388 e. The molecule has 228 valence electrons. The lowest BCUT2D eigenvalue weighted by atomic mass is 9.98. The second kappa shape index (κ2) is 17.4. The van der Waals surface area contributed by atoms with E-state index in [1.165, 1.54) is 12.1 Å². The Bertz CT molecular complexity index is 1120. The fraction of sp³-hybridized carbons (Fsp3) is 0.636. The quantitative estimate of drug-likeness (QED) is 0.0939. The van der Waals surface area contributed by atoms with Crippen molar-refractivity contribution in [3.63, 3.8) is 0 Å². The Kier molecular flexibility index (Phi) is 13.9. The second-order valence-corrected chi connectivity index (χ2v) is 9.99. The molecule has 0 amide bonds. The number of hydrogen-bond donors (Lipinski definition) is 4. The van der Waals surface area contributed by atoms with E-state index in [1.54, 1.807) is 0 Å². The summed E-state index contributed by atoms with van der Waals surface area (Å²) in [5.74, 6) is 0. The highest BCUT2D eigenvalue weighted by Gasteiger charge is 2.38. The topological polar surface area (TPSA) is 223 Å². The number of aliphatic hydroxyl groups is 2. The van der Waals surface area contributed by atoms with Gasteiger partial charge in [-0.05, 0) is 22.0 Å². The average Bonchev–Trinajstić information content (AvgIpc) is 3.36. The first-order valence-electron chi connectivity index (χ1n) is 12.5. The summed E-state index contributed by atoms with van der Waals surface area (Å²) in [6.45, 7) is 2.66. The first kappa shape index (κ1) is 32.9. The zero-order chi connectivity index (χ0) is 29.6. The van der Waals surface area contributed by atoms with Crippen LogP contribution in [0, 0.1) is 20.2 Å². The van der Waals surface area contributed by atoms with Gasteiger partial charge in [0.15, 0.2) is 0 Å². The summed E-state index contributed by atoms with van der Waals surface area (Å²) in [4.78, 5) is 24.6. The number of nitro groups is 2. The van der Waals surface area contributed by atoms with Gasteiger partial charge in [-0.25, -0.2) is 0 Å². The first-order valence-corrected chi connectivity index (χ1v) is 14.0. The summed E-state index contributed by atoms with van der Waals surface area (Å²) in [6.07, 6.45) is -2.87. The molecule has 1 aromatic carbocycles. The van der Waals surface area contributed by atoms with Gasteiger partial charge in [0.05, 0.1) is 81.4 Å². The van der Waals surface area contributed by atoms with Crippen molar-refractivity contribution in [2.24, 2.45) is 0 Å². The molecule has 0 aliphatic carbocycles. The monoisotopic (exact) mass is 666 g/mol. The number of nitrogens with zero attached hydrogens (tertiary/aromatic N) is 4. The van der Waals surface area contributed by atoms with Gasteiger partial charge in [-0.2, -0.15) is 9.36 Å². The van der Waals surface area contributed by atoms with Crippen LogP contribution in [-0.2, 0) is 23.7 Å². The molecule has 1 saturated heterocycles. The molecule has 4 atom stereocenters. The van der Waals surface area contributed by atoms with E-state index in [9.17, 15) is 30.4 Å². The minimum Gasteiger partial charge on any atom is -0.388 e. The van der Waals surface area contributed by atoms with Crippen LogP contribution < -0.4 is 10.6 Å². The van der Waals surface area contributed by atoms with Gasteiger partial charge < -0.3 is 44.5 Å². The first-order chi connectivity index (χ1) is 19.8. The van der Waals surface area contributed by atoms with Crippen molar-refractivity contribution in [3.05, 3.63) is 43.2 Å². The highest BCUT2D eigenvalue weighted by Crippen LogP contribution is 2.28. The maximum Gasteiger partial charge on any atom is 0.299 e. The predicted molar refractivity (Wildman–Crippen MR) is 148 cm³/mol. The van der Waals surface area contributed by atoms with Crippen molar-refractivity contribution in [1.82, 2.24) is 9.36 Å². The summed E-state index contributed by atoms with van der Waals surface area (Å²) in [7, 11) is 0. The average molecular weight is 667 g/mol. The van der Waals surface area contributed by atoms with Gasteiger partial charge in [-0.1, -0.05) is 0 Å². The molecule has 4 unspecified atom stereocenters. The second-order valence-electron chi connectivity index (χ2n) is 8.53. The fourth-order valence-electron chi connectivity index (χ4n) is 3.63. The van der Waals surface area contributed by atoms with E-state index >= 15 is 0 Å². The summed E-state index contributed by atoms with van der Waals surface area (Å²) >= 11 is 4.28. The lowest BCUT2D eigenvalue weighted by Gasteiger charge is -2.37. The summed E-state index contributed by atoms with van der Waals surface area (Å²) < 4.78 is 31.8. The molecule has 2 heterocycles. The van der Waals surface area contributed by atoms with Crippen molar-refractivity contribution in [2.75, 3.05) is 76.6 Å². The van der Waals surface area contributed by atoms with Gasteiger partial charge in [0, 0.05) is 24.1 Å². The lowest BCUT2D eigenvalue weighted by Crippen LogP contribution is -2.56. The molecule has 19 heteroatoms. The van der Waals surface area contributed by atoms with Crippen LogP contribution in [0.5, 0.6) is 0 Å². The summed E-state index contributed by atoms with van der Waals surface area (Å²) in [5, 5.41) is 49.0. The maximum atomic E-state index is 11.1. The molecule has 4 N–H and O–H groups in total. The molecule has 41 heavy (non-hydrogen) atoms. The number of ether oxygens (including phenoxy) is 5. The lowest BCUT2D eigenvalue weighted by molar-refractivity contribution is -0.393.